The van der Waals surface area contributed by atoms with Gasteiger partial charge in [-0.3, -0.25) is 4.79 Å². The standard InChI is InChI=1S/C20H20N2O2S/c1-12-6-5-7-17(10-12)19-21-22-20(24-19)25-15(4)18(23)16-9-8-13(2)14(3)11-16/h5-11,15H,1-4H3/t15-/m1/s1. The van der Waals surface area contributed by atoms with Gasteiger partial charge in [0.1, 0.15) is 0 Å². The van der Waals surface area contributed by atoms with E-state index >= 15 is 0 Å². The molecule has 0 unspecified atom stereocenters. The summed E-state index contributed by atoms with van der Waals surface area (Å²) in [7, 11) is 0. The molecule has 0 bridgehead atoms. The third kappa shape index (κ3) is 3.99. The number of carbonyl (C=O) groups is 1. The summed E-state index contributed by atoms with van der Waals surface area (Å²) in [5.41, 5.74) is 5.01. The number of thioether (sulfide) groups is 1. The molecular formula is C20H20N2O2S. The minimum atomic E-state index is -0.298. The van der Waals surface area contributed by atoms with Gasteiger partial charge in [-0.05, 0) is 57.0 Å². The predicted molar refractivity (Wildman–Crippen MR) is 100 cm³/mol. The molecule has 0 amide bonds. The Kier molecular flexibility index (Phi) is 5.04. The fourth-order valence-corrected chi connectivity index (χ4v) is 3.25. The molecule has 0 fully saturated rings. The number of rotatable bonds is 5. The zero-order chi connectivity index (χ0) is 18.0. The van der Waals surface area contributed by atoms with E-state index in [0.717, 1.165) is 16.7 Å². The van der Waals surface area contributed by atoms with Gasteiger partial charge in [-0.15, -0.1) is 10.2 Å². The summed E-state index contributed by atoms with van der Waals surface area (Å²) >= 11 is 1.29. The van der Waals surface area contributed by atoms with Crippen LogP contribution in [-0.4, -0.2) is 21.2 Å². The first-order valence-corrected chi connectivity index (χ1v) is 9.00. The summed E-state index contributed by atoms with van der Waals surface area (Å²) < 4.78 is 5.71. The summed E-state index contributed by atoms with van der Waals surface area (Å²) in [6.07, 6.45) is 0. The number of ketones is 1. The molecule has 0 spiro atoms. The second kappa shape index (κ2) is 7.23. The molecule has 1 aromatic heterocycles. The number of hydrogen-bond acceptors (Lipinski definition) is 5. The molecule has 0 aliphatic heterocycles. The molecule has 0 aliphatic carbocycles. The quantitative estimate of drug-likeness (QED) is 0.476. The van der Waals surface area contributed by atoms with E-state index in [2.05, 4.69) is 10.2 Å². The fourth-order valence-electron chi connectivity index (χ4n) is 2.49. The Morgan fingerprint density at radius 1 is 1.04 bits per heavy atom. The molecule has 5 heteroatoms. The van der Waals surface area contributed by atoms with Crippen molar-refractivity contribution in [2.24, 2.45) is 0 Å². The van der Waals surface area contributed by atoms with Crippen molar-refractivity contribution in [2.45, 2.75) is 38.2 Å². The minimum Gasteiger partial charge on any atom is -0.411 e. The first kappa shape index (κ1) is 17.4. The van der Waals surface area contributed by atoms with Crippen LogP contribution in [0.5, 0.6) is 0 Å². The topological polar surface area (TPSA) is 56.0 Å². The Morgan fingerprint density at radius 2 is 1.84 bits per heavy atom. The second-order valence-electron chi connectivity index (χ2n) is 6.17. The average molecular weight is 352 g/mol. The molecule has 0 saturated carbocycles. The van der Waals surface area contributed by atoms with Gasteiger partial charge in [0.2, 0.25) is 5.89 Å². The van der Waals surface area contributed by atoms with Gasteiger partial charge in [0, 0.05) is 11.1 Å². The lowest BCUT2D eigenvalue weighted by Gasteiger charge is -2.09. The van der Waals surface area contributed by atoms with Crippen molar-refractivity contribution in [2.75, 3.05) is 0 Å². The van der Waals surface area contributed by atoms with Crippen LogP contribution in [0.25, 0.3) is 11.5 Å². The van der Waals surface area contributed by atoms with Crippen molar-refractivity contribution >= 4 is 17.5 Å². The van der Waals surface area contributed by atoms with Gasteiger partial charge < -0.3 is 4.42 Å². The van der Waals surface area contributed by atoms with Crippen LogP contribution in [-0.2, 0) is 0 Å². The number of aromatic nitrogens is 2. The summed E-state index contributed by atoms with van der Waals surface area (Å²) in [6, 6.07) is 13.7. The number of Topliss-reactive ketones (excluding diaryl/α,β-unsaturated/α-hetero) is 1. The number of nitrogens with zero attached hydrogens (tertiary/aromatic N) is 2. The highest BCUT2D eigenvalue weighted by Crippen LogP contribution is 2.28. The summed E-state index contributed by atoms with van der Waals surface area (Å²) in [5.74, 6) is 0.528. The highest BCUT2D eigenvalue weighted by molar-refractivity contribution is 8.00. The molecule has 3 aromatic rings. The first-order chi connectivity index (χ1) is 11.9. The smallest absolute Gasteiger partial charge is 0.277 e. The number of benzene rings is 2. The van der Waals surface area contributed by atoms with E-state index in [9.17, 15) is 4.79 Å². The largest absolute Gasteiger partial charge is 0.411 e. The molecule has 2 aromatic carbocycles. The summed E-state index contributed by atoms with van der Waals surface area (Å²) in [5, 5.41) is 8.26. The lowest BCUT2D eigenvalue weighted by Crippen LogP contribution is -2.13. The molecule has 128 valence electrons. The SMILES string of the molecule is Cc1cccc(-c2nnc(S[C@H](C)C(=O)c3ccc(C)c(C)c3)o2)c1. The molecule has 4 nitrogen and oxygen atoms in total. The highest BCUT2D eigenvalue weighted by atomic mass is 32.2. The lowest BCUT2D eigenvalue weighted by molar-refractivity contribution is 0.0993. The number of aryl methyl sites for hydroxylation is 3. The molecule has 25 heavy (non-hydrogen) atoms. The van der Waals surface area contributed by atoms with Crippen molar-refractivity contribution in [1.82, 2.24) is 10.2 Å². The van der Waals surface area contributed by atoms with Crippen LogP contribution >= 0.6 is 11.8 Å². The minimum absolute atomic E-state index is 0.0587. The lowest BCUT2D eigenvalue weighted by atomic mass is 10.0. The van der Waals surface area contributed by atoms with Crippen LogP contribution in [0.2, 0.25) is 0 Å². The Morgan fingerprint density at radius 3 is 2.56 bits per heavy atom. The normalized spacial score (nSPS) is 12.2. The maximum atomic E-state index is 12.6. The van der Waals surface area contributed by atoms with Crippen LogP contribution in [0.15, 0.2) is 52.1 Å². The zero-order valence-electron chi connectivity index (χ0n) is 14.7. The first-order valence-electron chi connectivity index (χ1n) is 8.12. The van der Waals surface area contributed by atoms with E-state index in [4.69, 9.17) is 4.42 Å². The second-order valence-corrected chi connectivity index (χ2v) is 7.46. The maximum Gasteiger partial charge on any atom is 0.277 e. The monoisotopic (exact) mass is 352 g/mol. The fraction of sp³-hybridized carbons (Fsp3) is 0.250. The Labute approximate surface area is 151 Å². The van der Waals surface area contributed by atoms with Crippen molar-refractivity contribution in [1.29, 1.82) is 0 Å². The third-order valence-electron chi connectivity index (χ3n) is 4.11. The van der Waals surface area contributed by atoms with E-state index in [1.54, 1.807) is 0 Å². The van der Waals surface area contributed by atoms with Crippen molar-refractivity contribution < 1.29 is 9.21 Å². The Bertz CT molecular complexity index is 918. The highest BCUT2D eigenvalue weighted by Gasteiger charge is 2.20. The van der Waals surface area contributed by atoms with Gasteiger partial charge in [-0.25, -0.2) is 0 Å². The van der Waals surface area contributed by atoms with E-state index in [1.165, 1.54) is 17.3 Å². The maximum absolute atomic E-state index is 12.6. The van der Waals surface area contributed by atoms with E-state index in [0.29, 0.717) is 16.7 Å². The van der Waals surface area contributed by atoms with Crippen molar-refractivity contribution in [3.8, 4) is 11.5 Å². The molecule has 0 N–H and O–H groups in total. The zero-order valence-corrected chi connectivity index (χ0v) is 15.6. The van der Waals surface area contributed by atoms with Gasteiger partial charge in [0.05, 0.1) is 5.25 Å². The molecule has 1 atom stereocenters. The van der Waals surface area contributed by atoms with E-state index in [1.807, 2.05) is 70.2 Å². The Balaban J connectivity index is 1.74. The van der Waals surface area contributed by atoms with Crippen LogP contribution in [0, 0.1) is 20.8 Å². The van der Waals surface area contributed by atoms with Gasteiger partial charge in [0.15, 0.2) is 5.78 Å². The van der Waals surface area contributed by atoms with Crippen LogP contribution in [0.4, 0.5) is 0 Å². The molecular weight excluding hydrogens is 332 g/mol. The van der Waals surface area contributed by atoms with Crippen molar-refractivity contribution in [3.05, 3.63) is 64.7 Å². The molecule has 0 radical (unpaired) electrons. The molecule has 0 aliphatic rings. The van der Waals surface area contributed by atoms with Crippen LogP contribution < -0.4 is 0 Å². The molecule has 0 saturated heterocycles. The van der Waals surface area contributed by atoms with Crippen LogP contribution in [0.3, 0.4) is 0 Å². The number of hydrogen-bond donors (Lipinski definition) is 0. The molecule has 3 rings (SSSR count). The Hall–Kier alpha value is -2.40. The predicted octanol–water partition coefficient (Wildman–Crippen LogP) is 5.03. The van der Waals surface area contributed by atoms with Gasteiger partial charge in [0.25, 0.3) is 5.22 Å². The van der Waals surface area contributed by atoms with Gasteiger partial charge >= 0.3 is 0 Å². The number of carbonyl (C=O) groups excluding carboxylic acids is 1. The third-order valence-corrected chi connectivity index (χ3v) is 5.04. The summed E-state index contributed by atoms with van der Waals surface area (Å²) in [4.78, 5) is 12.6. The van der Waals surface area contributed by atoms with Crippen molar-refractivity contribution in [3.63, 3.8) is 0 Å². The van der Waals surface area contributed by atoms with E-state index < -0.39 is 0 Å². The van der Waals surface area contributed by atoms with Gasteiger partial charge in [-0.1, -0.05) is 41.6 Å². The van der Waals surface area contributed by atoms with E-state index in [-0.39, 0.29) is 11.0 Å². The molecule has 1 heterocycles. The van der Waals surface area contributed by atoms with Gasteiger partial charge in [-0.2, -0.15) is 0 Å². The van der Waals surface area contributed by atoms with Crippen LogP contribution in [0.1, 0.15) is 34.0 Å². The summed E-state index contributed by atoms with van der Waals surface area (Å²) in [6.45, 7) is 7.92. The average Bonchev–Trinajstić information content (AvgIpc) is 3.05.